The normalized spacial score (nSPS) is 27.3. The van der Waals surface area contributed by atoms with E-state index in [4.69, 9.17) is 4.74 Å². The highest BCUT2D eigenvalue weighted by atomic mass is 19.1. The predicted molar refractivity (Wildman–Crippen MR) is 67.6 cm³/mol. The van der Waals surface area contributed by atoms with Crippen LogP contribution in [0.1, 0.15) is 38.7 Å². The first-order chi connectivity index (χ1) is 8.52. The first kappa shape index (κ1) is 13.1. The molecule has 18 heavy (non-hydrogen) atoms. The number of cyclic esters (lactones) is 1. The Morgan fingerprint density at radius 1 is 1.39 bits per heavy atom. The van der Waals surface area contributed by atoms with E-state index >= 15 is 0 Å². The van der Waals surface area contributed by atoms with Crippen LogP contribution in [0.2, 0.25) is 0 Å². The van der Waals surface area contributed by atoms with Crippen LogP contribution in [0.25, 0.3) is 0 Å². The average Bonchev–Trinajstić information content (AvgIpc) is 2.57. The zero-order valence-electron chi connectivity index (χ0n) is 10.9. The maximum atomic E-state index is 12.8. The molecule has 2 rings (SSSR count). The lowest BCUT2D eigenvalue weighted by molar-refractivity contribution is -0.149. The van der Waals surface area contributed by atoms with Crippen molar-refractivity contribution in [3.63, 3.8) is 0 Å². The molecule has 0 aromatic heterocycles. The molecule has 0 saturated carbocycles. The lowest BCUT2D eigenvalue weighted by Crippen LogP contribution is -2.23. The van der Waals surface area contributed by atoms with Crippen molar-refractivity contribution in [1.82, 2.24) is 0 Å². The van der Waals surface area contributed by atoms with Gasteiger partial charge in [-0.25, -0.2) is 4.39 Å². The third-order valence-electron chi connectivity index (χ3n) is 3.53. The molecule has 0 N–H and O–H groups in total. The summed E-state index contributed by atoms with van der Waals surface area (Å²) in [7, 11) is 0. The summed E-state index contributed by atoms with van der Waals surface area (Å²) in [5.41, 5.74) is 0.676. The van der Waals surface area contributed by atoms with Crippen LogP contribution < -0.4 is 0 Å². The summed E-state index contributed by atoms with van der Waals surface area (Å²) >= 11 is 0. The van der Waals surface area contributed by atoms with E-state index in [1.54, 1.807) is 12.1 Å². The first-order valence-electron chi connectivity index (χ1n) is 6.50. The fourth-order valence-electron chi connectivity index (χ4n) is 2.71. The number of carbonyl (C=O) groups is 1. The summed E-state index contributed by atoms with van der Waals surface area (Å²) in [6.45, 7) is 4.09. The number of halogens is 1. The van der Waals surface area contributed by atoms with Gasteiger partial charge in [0.25, 0.3) is 0 Å². The van der Waals surface area contributed by atoms with Crippen molar-refractivity contribution in [3.05, 3.63) is 35.6 Å². The van der Waals surface area contributed by atoms with Gasteiger partial charge in [-0.15, -0.1) is 0 Å². The Morgan fingerprint density at radius 2 is 2.06 bits per heavy atom. The molecule has 0 spiro atoms. The van der Waals surface area contributed by atoms with Crippen LogP contribution in [0.15, 0.2) is 24.3 Å². The van der Waals surface area contributed by atoms with Crippen molar-refractivity contribution >= 4 is 5.97 Å². The smallest absolute Gasteiger partial charge is 0.309 e. The van der Waals surface area contributed by atoms with Crippen molar-refractivity contribution in [3.8, 4) is 0 Å². The third-order valence-corrected chi connectivity index (χ3v) is 3.53. The van der Waals surface area contributed by atoms with E-state index in [0.29, 0.717) is 6.42 Å². The fourth-order valence-corrected chi connectivity index (χ4v) is 2.71. The molecule has 1 aliphatic heterocycles. The van der Waals surface area contributed by atoms with Gasteiger partial charge in [0.2, 0.25) is 0 Å². The molecule has 0 bridgehead atoms. The van der Waals surface area contributed by atoms with Gasteiger partial charge in [0, 0.05) is 6.42 Å². The van der Waals surface area contributed by atoms with Gasteiger partial charge in [-0.2, -0.15) is 0 Å². The molecule has 1 heterocycles. The van der Waals surface area contributed by atoms with Gasteiger partial charge in [0.05, 0.1) is 5.92 Å². The highest BCUT2D eigenvalue weighted by molar-refractivity contribution is 5.75. The number of carbonyl (C=O) groups excluding carboxylic acids is 1. The number of benzene rings is 1. The van der Waals surface area contributed by atoms with E-state index in [9.17, 15) is 9.18 Å². The van der Waals surface area contributed by atoms with Crippen molar-refractivity contribution in [2.24, 2.45) is 5.92 Å². The van der Waals surface area contributed by atoms with Gasteiger partial charge in [-0.3, -0.25) is 4.79 Å². The molecule has 1 aromatic carbocycles. The van der Waals surface area contributed by atoms with E-state index in [1.165, 1.54) is 12.1 Å². The number of esters is 1. The highest BCUT2D eigenvalue weighted by Crippen LogP contribution is 2.36. The van der Waals surface area contributed by atoms with E-state index < -0.39 is 0 Å². The SMILES string of the molecule is CCC[C@@]1(C)C[C@@H](Cc2ccc(F)cc2)C(=O)O1. The summed E-state index contributed by atoms with van der Waals surface area (Å²) in [5.74, 6) is -0.453. The zero-order valence-corrected chi connectivity index (χ0v) is 10.9. The first-order valence-corrected chi connectivity index (χ1v) is 6.50. The van der Waals surface area contributed by atoms with Crippen molar-refractivity contribution in [1.29, 1.82) is 0 Å². The topological polar surface area (TPSA) is 26.3 Å². The molecule has 1 aliphatic rings. The summed E-state index contributed by atoms with van der Waals surface area (Å²) in [6.07, 6.45) is 3.31. The zero-order chi connectivity index (χ0) is 13.2. The van der Waals surface area contributed by atoms with Gasteiger partial charge in [0.15, 0.2) is 0 Å². The van der Waals surface area contributed by atoms with Crippen LogP contribution in [0.5, 0.6) is 0 Å². The van der Waals surface area contributed by atoms with Gasteiger partial charge in [-0.1, -0.05) is 25.5 Å². The predicted octanol–water partition coefficient (Wildman–Crippen LogP) is 3.49. The maximum Gasteiger partial charge on any atom is 0.309 e. The van der Waals surface area contributed by atoms with Crippen molar-refractivity contribution < 1.29 is 13.9 Å². The number of ether oxygens (including phenoxy) is 1. The monoisotopic (exact) mass is 250 g/mol. The number of rotatable bonds is 4. The number of hydrogen-bond acceptors (Lipinski definition) is 2. The summed E-state index contributed by atoms with van der Waals surface area (Å²) in [6, 6.07) is 6.33. The molecule has 0 radical (unpaired) electrons. The molecule has 0 amide bonds. The van der Waals surface area contributed by atoms with Crippen LogP contribution >= 0.6 is 0 Å². The standard InChI is InChI=1S/C15H19FO2/c1-3-8-15(2)10-12(14(17)18-15)9-11-4-6-13(16)7-5-11/h4-7,12H,3,8-10H2,1-2H3/t12-,15+/m1/s1. The molecular weight excluding hydrogens is 231 g/mol. The largest absolute Gasteiger partial charge is 0.459 e. The Hall–Kier alpha value is -1.38. The number of hydrogen-bond donors (Lipinski definition) is 0. The average molecular weight is 250 g/mol. The van der Waals surface area contributed by atoms with E-state index in [2.05, 4.69) is 6.92 Å². The Bertz CT molecular complexity index is 427. The second kappa shape index (κ2) is 5.09. The lowest BCUT2D eigenvalue weighted by Gasteiger charge is -2.21. The van der Waals surface area contributed by atoms with Gasteiger partial charge in [0.1, 0.15) is 11.4 Å². The fraction of sp³-hybridized carbons (Fsp3) is 0.533. The van der Waals surface area contributed by atoms with Crippen LogP contribution in [0.4, 0.5) is 4.39 Å². The molecule has 3 heteroatoms. The van der Waals surface area contributed by atoms with E-state index in [1.807, 2.05) is 6.92 Å². The quantitative estimate of drug-likeness (QED) is 0.765. The van der Waals surface area contributed by atoms with Gasteiger partial charge in [-0.05, 0) is 37.5 Å². The Balaban J connectivity index is 2.02. The van der Waals surface area contributed by atoms with Crippen molar-refractivity contribution in [2.75, 3.05) is 0 Å². The molecule has 0 aliphatic carbocycles. The molecular formula is C15H19FO2. The minimum Gasteiger partial charge on any atom is -0.459 e. The summed E-state index contributed by atoms with van der Waals surface area (Å²) < 4.78 is 18.3. The van der Waals surface area contributed by atoms with Crippen LogP contribution in [0.3, 0.4) is 0 Å². The summed E-state index contributed by atoms with van der Waals surface area (Å²) in [4.78, 5) is 11.8. The van der Waals surface area contributed by atoms with Crippen LogP contribution in [-0.2, 0) is 16.0 Å². The van der Waals surface area contributed by atoms with E-state index in [0.717, 1.165) is 24.8 Å². The Kier molecular flexibility index (Phi) is 3.69. The van der Waals surface area contributed by atoms with Gasteiger partial charge >= 0.3 is 5.97 Å². The van der Waals surface area contributed by atoms with Crippen LogP contribution in [0, 0.1) is 11.7 Å². The molecule has 1 fully saturated rings. The minimum absolute atomic E-state index is 0.0907. The summed E-state index contributed by atoms with van der Waals surface area (Å²) in [5, 5.41) is 0. The molecule has 98 valence electrons. The second-order valence-corrected chi connectivity index (χ2v) is 5.35. The second-order valence-electron chi connectivity index (χ2n) is 5.35. The molecule has 0 unspecified atom stereocenters. The minimum atomic E-state index is -0.309. The lowest BCUT2D eigenvalue weighted by atomic mass is 9.88. The molecule has 1 saturated heterocycles. The van der Waals surface area contributed by atoms with Crippen LogP contribution in [-0.4, -0.2) is 11.6 Å². The Morgan fingerprint density at radius 3 is 2.67 bits per heavy atom. The van der Waals surface area contributed by atoms with E-state index in [-0.39, 0.29) is 23.3 Å². The third kappa shape index (κ3) is 2.89. The molecule has 1 aromatic rings. The molecule has 2 atom stereocenters. The maximum absolute atomic E-state index is 12.8. The van der Waals surface area contributed by atoms with Gasteiger partial charge < -0.3 is 4.74 Å². The Labute approximate surface area is 107 Å². The highest BCUT2D eigenvalue weighted by Gasteiger charge is 2.42. The van der Waals surface area contributed by atoms with Crippen molar-refractivity contribution in [2.45, 2.75) is 45.1 Å². The molecule has 2 nitrogen and oxygen atoms in total.